The standard InChI is InChI=1S/C18H41NO2Si2/c1-18(2,3)22(6,7)19(17-13-10-9-11-14-17)15-12-16-23(8,20-4)21-5/h17H,9-16H2,1-8H3. The van der Waals surface area contributed by atoms with E-state index in [4.69, 9.17) is 8.85 Å². The predicted molar refractivity (Wildman–Crippen MR) is 106 cm³/mol. The fourth-order valence-corrected chi connectivity index (χ4v) is 7.73. The van der Waals surface area contributed by atoms with Crippen molar-refractivity contribution in [2.24, 2.45) is 0 Å². The van der Waals surface area contributed by atoms with Gasteiger partial charge in [-0.15, -0.1) is 0 Å². The van der Waals surface area contributed by atoms with E-state index in [0.29, 0.717) is 5.04 Å². The lowest BCUT2D eigenvalue weighted by Gasteiger charge is -2.51. The quantitative estimate of drug-likeness (QED) is 0.543. The molecule has 0 aromatic heterocycles. The molecule has 0 aromatic rings. The highest BCUT2D eigenvalue weighted by Crippen LogP contribution is 2.41. The normalized spacial score (nSPS) is 18.7. The van der Waals surface area contributed by atoms with Crippen LogP contribution in [0.4, 0.5) is 0 Å². The number of nitrogens with zero attached hydrogens (tertiary/aromatic N) is 1. The second-order valence-electron chi connectivity index (χ2n) is 8.94. The molecular formula is C18H41NO2Si2. The van der Waals surface area contributed by atoms with E-state index in [9.17, 15) is 0 Å². The minimum atomic E-state index is -1.93. The van der Waals surface area contributed by atoms with Crippen molar-refractivity contribution in [1.82, 2.24) is 4.57 Å². The van der Waals surface area contributed by atoms with Gasteiger partial charge in [0.1, 0.15) is 8.24 Å². The van der Waals surface area contributed by atoms with Crippen LogP contribution in [0.15, 0.2) is 0 Å². The largest absolute Gasteiger partial charge is 0.398 e. The monoisotopic (exact) mass is 359 g/mol. The average molecular weight is 360 g/mol. The summed E-state index contributed by atoms with van der Waals surface area (Å²) < 4.78 is 14.3. The van der Waals surface area contributed by atoms with Gasteiger partial charge in [0.15, 0.2) is 0 Å². The van der Waals surface area contributed by atoms with Crippen molar-refractivity contribution in [2.45, 2.75) is 96.1 Å². The molecule has 0 radical (unpaired) electrons. The van der Waals surface area contributed by atoms with Gasteiger partial charge in [-0.05, 0) is 43.4 Å². The van der Waals surface area contributed by atoms with Crippen LogP contribution in [0.1, 0.15) is 59.3 Å². The van der Waals surface area contributed by atoms with Crippen LogP contribution in [0, 0.1) is 0 Å². The van der Waals surface area contributed by atoms with Crippen LogP contribution in [0.2, 0.25) is 30.7 Å². The van der Waals surface area contributed by atoms with Crippen molar-refractivity contribution >= 4 is 16.8 Å². The third kappa shape index (κ3) is 5.67. The SMILES string of the molecule is CO[Si](C)(CCCN(C1CCCCC1)[Si](C)(C)C(C)(C)C)OC. The highest BCUT2D eigenvalue weighted by molar-refractivity contribution is 6.77. The Bertz CT molecular complexity index is 345. The van der Waals surface area contributed by atoms with E-state index in [-0.39, 0.29) is 0 Å². The summed E-state index contributed by atoms with van der Waals surface area (Å²) in [6.45, 7) is 15.9. The van der Waals surface area contributed by atoms with Crippen molar-refractivity contribution < 1.29 is 8.85 Å². The minimum absolute atomic E-state index is 0.410. The summed E-state index contributed by atoms with van der Waals surface area (Å²) in [4.78, 5) is 0. The zero-order chi connectivity index (χ0) is 17.7. The van der Waals surface area contributed by atoms with Crippen molar-refractivity contribution in [1.29, 1.82) is 0 Å². The van der Waals surface area contributed by atoms with Crippen LogP contribution in [-0.4, -0.2) is 48.2 Å². The molecule has 0 saturated heterocycles. The molecule has 0 atom stereocenters. The zero-order valence-electron chi connectivity index (χ0n) is 17.0. The van der Waals surface area contributed by atoms with E-state index < -0.39 is 16.8 Å². The molecule has 1 fully saturated rings. The van der Waals surface area contributed by atoms with Gasteiger partial charge >= 0.3 is 8.56 Å². The number of hydrogen-bond donors (Lipinski definition) is 0. The Kier molecular flexibility index (Phi) is 7.99. The van der Waals surface area contributed by atoms with Gasteiger partial charge in [-0.2, -0.15) is 0 Å². The molecule has 0 bridgehead atoms. The lowest BCUT2D eigenvalue weighted by Crippen LogP contribution is -2.59. The highest BCUT2D eigenvalue weighted by Gasteiger charge is 2.43. The molecular weight excluding hydrogens is 318 g/mol. The summed E-state index contributed by atoms with van der Waals surface area (Å²) in [6.07, 6.45) is 8.26. The Morgan fingerprint density at radius 1 is 0.957 bits per heavy atom. The maximum atomic E-state index is 5.68. The Morgan fingerprint density at radius 3 is 1.91 bits per heavy atom. The van der Waals surface area contributed by atoms with E-state index in [0.717, 1.165) is 12.1 Å². The molecule has 0 heterocycles. The third-order valence-electron chi connectivity index (χ3n) is 6.46. The van der Waals surface area contributed by atoms with E-state index in [1.807, 2.05) is 14.2 Å². The third-order valence-corrected chi connectivity index (χ3v) is 15.1. The van der Waals surface area contributed by atoms with Crippen molar-refractivity contribution in [2.75, 3.05) is 20.8 Å². The predicted octanol–water partition coefficient (Wildman–Crippen LogP) is 5.38. The van der Waals surface area contributed by atoms with Crippen LogP contribution in [0.5, 0.6) is 0 Å². The van der Waals surface area contributed by atoms with E-state index >= 15 is 0 Å². The highest BCUT2D eigenvalue weighted by atomic mass is 28.4. The first-order chi connectivity index (χ1) is 10.6. The Morgan fingerprint density at radius 2 is 1.48 bits per heavy atom. The summed E-state index contributed by atoms with van der Waals surface area (Å²) in [5, 5.41) is 0.410. The smallest absolute Gasteiger partial charge is 0.334 e. The fourth-order valence-electron chi connectivity index (χ4n) is 3.60. The second kappa shape index (κ2) is 8.61. The molecule has 5 heteroatoms. The second-order valence-corrected chi connectivity index (χ2v) is 17.7. The number of hydrogen-bond acceptors (Lipinski definition) is 3. The fraction of sp³-hybridized carbons (Fsp3) is 1.00. The van der Waals surface area contributed by atoms with E-state index in [1.54, 1.807) is 0 Å². The first-order valence-electron chi connectivity index (χ1n) is 9.44. The Hall–Kier alpha value is 0.314. The van der Waals surface area contributed by atoms with Gasteiger partial charge in [-0.1, -0.05) is 53.1 Å². The van der Waals surface area contributed by atoms with Gasteiger partial charge in [-0.25, -0.2) is 0 Å². The van der Waals surface area contributed by atoms with Gasteiger partial charge in [0.2, 0.25) is 0 Å². The maximum absolute atomic E-state index is 5.68. The summed E-state index contributed by atoms with van der Waals surface area (Å²) in [5.74, 6) is 0. The molecule has 23 heavy (non-hydrogen) atoms. The summed E-state index contributed by atoms with van der Waals surface area (Å²) in [6, 6.07) is 1.90. The van der Waals surface area contributed by atoms with Crippen molar-refractivity contribution in [3.05, 3.63) is 0 Å². The van der Waals surface area contributed by atoms with Crippen LogP contribution in [0.25, 0.3) is 0 Å². The van der Waals surface area contributed by atoms with E-state index in [1.165, 1.54) is 45.1 Å². The van der Waals surface area contributed by atoms with Crippen molar-refractivity contribution in [3.8, 4) is 0 Å². The van der Waals surface area contributed by atoms with Crippen LogP contribution < -0.4 is 0 Å². The molecule has 138 valence electrons. The molecule has 0 aliphatic heterocycles. The van der Waals surface area contributed by atoms with Crippen LogP contribution in [0.3, 0.4) is 0 Å². The van der Waals surface area contributed by atoms with Gasteiger partial charge in [-0.3, -0.25) is 0 Å². The molecule has 0 N–H and O–H groups in total. The molecule has 0 amide bonds. The molecule has 0 unspecified atom stereocenters. The molecule has 1 aliphatic carbocycles. The molecule has 0 spiro atoms. The lowest BCUT2D eigenvalue weighted by molar-refractivity contribution is 0.226. The molecule has 3 nitrogen and oxygen atoms in total. The average Bonchev–Trinajstić information content (AvgIpc) is 2.51. The van der Waals surface area contributed by atoms with Crippen molar-refractivity contribution in [3.63, 3.8) is 0 Å². The minimum Gasteiger partial charge on any atom is -0.398 e. The Balaban J connectivity index is 2.80. The number of rotatable bonds is 8. The lowest BCUT2D eigenvalue weighted by atomic mass is 9.95. The van der Waals surface area contributed by atoms with Crippen LogP contribution in [-0.2, 0) is 8.85 Å². The van der Waals surface area contributed by atoms with Gasteiger partial charge in [0, 0.05) is 20.3 Å². The topological polar surface area (TPSA) is 21.7 Å². The molecule has 1 rings (SSSR count). The zero-order valence-corrected chi connectivity index (χ0v) is 19.0. The van der Waals surface area contributed by atoms with Gasteiger partial charge in [0.05, 0.1) is 0 Å². The Labute approximate surface area is 147 Å². The van der Waals surface area contributed by atoms with Gasteiger partial charge in [0.25, 0.3) is 0 Å². The summed E-state index contributed by atoms with van der Waals surface area (Å²) in [5.41, 5.74) is 0. The van der Waals surface area contributed by atoms with Crippen LogP contribution >= 0.6 is 0 Å². The first-order valence-corrected chi connectivity index (χ1v) is 14.9. The molecule has 1 saturated carbocycles. The van der Waals surface area contributed by atoms with E-state index in [2.05, 4.69) is 45.0 Å². The maximum Gasteiger partial charge on any atom is 0.334 e. The van der Waals surface area contributed by atoms with Gasteiger partial charge < -0.3 is 13.4 Å². The summed E-state index contributed by atoms with van der Waals surface area (Å²) >= 11 is 0. The first kappa shape index (κ1) is 21.4. The molecule has 1 aliphatic rings. The summed E-state index contributed by atoms with van der Waals surface area (Å²) in [7, 11) is 0.215. The molecule has 0 aromatic carbocycles.